The van der Waals surface area contributed by atoms with E-state index in [1.165, 1.54) is 16.7 Å². The Bertz CT molecular complexity index is 593. The number of aliphatic hydroxyl groups excluding tert-OH is 1. The van der Waals surface area contributed by atoms with Gasteiger partial charge >= 0.3 is 0 Å². The molecule has 0 aliphatic rings. The van der Waals surface area contributed by atoms with Crippen LogP contribution in [-0.2, 0) is 6.54 Å². The summed E-state index contributed by atoms with van der Waals surface area (Å²) in [5.74, 6) is 0. The van der Waals surface area contributed by atoms with Gasteiger partial charge in [0.05, 0.1) is 18.3 Å². The fourth-order valence-corrected chi connectivity index (χ4v) is 2.88. The van der Waals surface area contributed by atoms with Gasteiger partial charge in [0.2, 0.25) is 0 Å². The van der Waals surface area contributed by atoms with Gasteiger partial charge < -0.3 is 5.11 Å². The van der Waals surface area contributed by atoms with Crippen LogP contribution in [0.25, 0.3) is 0 Å². The van der Waals surface area contributed by atoms with Crippen LogP contribution < -0.4 is 0 Å². The first-order chi connectivity index (χ1) is 9.42. The van der Waals surface area contributed by atoms with E-state index in [-0.39, 0.29) is 0 Å². The van der Waals surface area contributed by atoms with Crippen molar-refractivity contribution in [1.82, 2.24) is 9.78 Å². The molecule has 0 saturated carbocycles. The minimum Gasteiger partial charge on any atom is -0.388 e. The van der Waals surface area contributed by atoms with Crippen LogP contribution in [0.4, 0.5) is 0 Å². The third kappa shape index (κ3) is 2.93. The molecular weight excluding hydrogens is 248 g/mol. The predicted molar refractivity (Wildman–Crippen MR) is 82.0 cm³/mol. The van der Waals surface area contributed by atoms with Crippen LogP contribution in [0, 0.1) is 27.7 Å². The summed E-state index contributed by atoms with van der Waals surface area (Å²) >= 11 is 0. The summed E-state index contributed by atoms with van der Waals surface area (Å²) in [6.07, 6.45) is 0.305. The van der Waals surface area contributed by atoms with E-state index in [1.807, 2.05) is 25.5 Å². The molecule has 0 fully saturated rings. The Labute approximate surface area is 121 Å². The van der Waals surface area contributed by atoms with E-state index >= 15 is 0 Å². The lowest BCUT2D eigenvalue weighted by atomic mass is 10.1. The van der Waals surface area contributed by atoms with Crippen LogP contribution in [0.3, 0.4) is 0 Å². The van der Waals surface area contributed by atoms with Gasteiger partial charge in [0.15, 0.2) is 0 Å². The van der Waals surface area contributed by atoms with E-state index in [1.54, 1.807) is 0 Å². The van der Waals surface area contributed by atoms with Crippen LogP contribution in [0.1, 0.15) is 53.1 Å². The van der Waals surface area contributed by atoms with E-state index in [4.69, 9.17) is 0 Å². The Morgan fingerprint density at radius 3 is 2.25 bits per heavy atom. The fraction of sp³-hybridized carbons (Fsp3) is 0.471. The second-order valence-electron chi connectivity index (χ2n) is 5.66. The molecule has 3 heteroatoms. The first kappa shape index (κ1) is 14.8. The maximum absolute atomic E-state index is 10.1. The summed E-state index contributed by atoms with van der Waals surface area (Å²) in [6.45, 7) is 11.0. The van der Waals surface area contributed by atoms with Gasteiger partial charge in [-0.2, -0.15) is 5.10 Å². The van der Waals surface area contributed by atoms with Crippen molar-refractivity contribution in [1.29, 1.82) is 0 Å². The van der Waals surface area contributed by atoms with Gasteiger partial charge in [-0.25, -0.2) is 0 Å². The van der Waals surface area contributed by atoms with Crippen molar-refractivity contribution in [3.8, 4) is 0 Å². The molecule has 0 radical (unpaired) electrons. The lowest BCUT2D eigenvalue weighted by Crippen LogP contribution is -2.06. The standard InChI is InChI=1S/C17H24N2O/c1-6-16(20)17-13(4)18-19(14(17)5)10-15-8-11(2)7-12(3)9-15/h7-9,16,20H,6,10H2,1-5H3. The molecule has 2 rings (SSSR count). The van der Waals surface area contributed by atoms with Crippen molar-refractivity contribution < 1.29 is 5.11 Å². The highest BCUT2D eigenvalue weighted by Crippen LogP contribution is 2.24. The molecule has 1 aromatic carbocycles. The molecule has 1 N–H and O–H groups in total. The Morgan fingerprint density at radius 1 is 1.10 bits per heavy atom. The summed E-state index contributed by atoms with van der Waals surface area (Å²) in [7, 11) is 0. The molecule has 1 unspecified atom stereocenters. The first-order valence-electron chi connectivity index (χ1n) is 7.21. The molecule has 2 aromatic rings. The summed E-state index contributed by atoms with van der Waals surface area (Å²) in [5, 5.41) is 14.7. The van der Waals surface area contributed by atoms with Crippen molar-refractivity contribution in [3.63, 3.8) is 0 Å². The van der Waals surface area contributed by atoms with Crippen molar-refractivity contribution in [2.75, 3.05) is 0 Å². The predicted octanol–water partition coefficient (Wildman–Crippen LogP) is 3.61. The molecular formula is C17H24N2O. The van der Waals surface area contributed by atoms with E-state index in [9.17, 15) is 5.11 Å². The largest absolute Gasteiger partial charge is 0.388 e. The van der Waals surface area contributed by atoms with Crippen LogP contribution in [-0.4, -0.2) is 14.9 Å². The minimum absolute atomic E-state index is 0.414. The van der Waals surface area contributed by atoms with Gasteiger partial charge in [-0.15, -0.1) is 0 Å². The highest BCUT2D eigenvalue weighted by atomic mass is 16.3. The van der Waals surface area contributed by atoms with Crippen molar-refractivity contribution in [2.24, 2.45) is 0 Å². The molecule has 0 aliphatic heterocycles. The summed E-state index contributed by atoms with van der Waals surface area (Å²) in [5.41, 5.74) is 6.78. The lowest BCUT2D eigenvalue weighted by Gasteiger charge is -2.10. The average molecular weight is 272 g/mol. The minimum atomic E-state index is -0.414. The van der Waals surface area contributed by atoms with Gasteiger partial charge in [0, 0.05) is 11.3 Å². The Morgan fingerprint density at radius 2 is 1.70 bits per heavy atom. The highest BCUT2D eigenvalue weighted by molar-refractivity contribution is 5.31. The number of rotatable bonds is 4. The SMILES string of the molecule is CCC(O)c1c(C)nn(Cc2cc(C)cc(C)c2)c1C. The van der Waals surface area contributed by atoms with Crippen LogP contribution in [0.2, 0.25) is 0 Å². The summed E-state index contributed by atoms with van der Waals surface area (Å²) in [6, 6.07) is 6.57. The van der Waals surface area contributed by atoms with Gasteiger partial charge in [-0.3, -0.25) is 4.68 Å². The summed E-state index contributed by atoms with van der Waals surface area (Å²) < 4.78 is 2.00. The van der Waals surface area contributed by atoms with Crippen molar-refractivity contribution in [3.05, 3.63) is 51.8 Å². The lowest BCUT2D eigenvalue weighted by molar-refractivity contribution is 0.172. The van der Waals surface area contributed by atoms with Crippen molar-refractivity contribution >= 4 is 0 Å². The molecule has 3 nitrogen and oxygen atoms in total. The van der Waals surface area contributed by atoms with Crippen LogP contribution in [0.15, 0.2) is 18.2 Å². The average Bonchev–Trinajstić information content (AvgIpc) is 2.62. The Kier molecular flexibility index (Phi) is 4.29. The van der Waals surface area contributed by atoms with Crippen molar-refractivity contribution in [2.45, 2.75) is 53.7 Å². The summed E-state index contributed by atoms with van der Waals surface area (Å²) in [4.78, 5) is 0. The van der Waals surface area contributed by atoms with Gasteiger partial charge in [0.1, 0.15) is 0 Å². The number of hydrogen-bond acceptors (Lipinski definition) is 2. The first-order valence-corrected chi connectivity index (χ1v) is 7.21. The zero-order valence-corrected chi connectivity index (χ0v) is 13.1. The molecule has 108 valence electrons. The molecule has 0 aliphatic carbocycles. The fourth-order valence-electron chi connectivity index (χ4n) is 2.88. The molecule has 0 amide bonds. The Balaban J connectivity index is 2.35. The molecule has 0 spiro atoms. The number of aliphatic hydroxyl groups is 1. The molecule has 20 heavy (non-hydrogen) atoms. The zero-order chi connectivity index (χ0) is 14.9. The number of hydrogen-bond donors (Lipinski definition) is 1. The van der Waals surface area contributed by atoms with E-state index in [0.717, 1.165) is 29.9 Å². The zero-order valence-electron chi connectivity index (χ0n) is 13.1. The second-order valence-corrected chi connectivity index (χ2v) is 5.66. The number of aromatic nitrogens is 2. The molecule has 1 heterocycles. The normalized spacial score (nSPS) is 12.7. The molecule has 0 bridgehead atoms. The third-order valence-corrected chi connectivity index (χ3v) is 3.77. The smallest absolute Gasteiger partial charge is 0.0823 e. The third-order valence-electron chi connectivity index (χ3n) is 3.77. The molecule has 0 saturated heterocycles. The van der Waals surface area contributed by atoms with Crippen LogP contribution in [0.5, 0.6) is 0 Å². The maximum Gasteiger partial charge on any atom is 0.0823 e. The van der Waals surface area contributed by atoms with E-state index in [0.29, 0.717) is 0 Å². The number of aryl methyl sites for hydroxylation is 3. The topological polar surface area (TPSA) is 38.1 Å². The van der Waals surface area contributed by atoms with Gasteiger partial charge in [-0.1, -0.05) is 36.2 Å². The number of nitrogens with zero attached hydrogens (tertiary/aromatic N) is 2. The highest BCUT2D eigenvalue weighted by Gasteiger charge is 2.17. The number of benzene rings is 1. The van der Waals surface area contributed by atoms with Gasteiger partial charge in [-0.05, 0) is 39.7 Å². The quantitative estimate of drug-likeness (QED) is 0.923. The Hall–Kier alpha value is -1.61. The molecule has 1 atom stereocenters. The van der Waals surface area contributed by atoms with Crippen LogP contribution >= 0.6 is 0 Å². The molecule has 1 aromatic heterocycles. The monoisotopic (exact) mass is 272 g/mol. The van der Waals surface area contributed by atoms with E-state index < -0.39 is 6.10 Å². The maximum atomic E-state index is 10.1. The van der Waals surface area contributed by atoms with E-state index in [2.05, 4.69) is 37.1 Å². The van der Waals surface area contributed by atoms with Gasteiger partial charge in [0.25, 0.3) is 0 Å². The second kappa shape index (κ2) is 5.80.